The molecule has 0 spiro atoms. The molecular formula is C16H20N2O. The number of hydrogen-bond donors (Lipinski definition) is 1. The summed E-state index contributed by atoms with van der Waals surface area (Å²) < 4.78 is 5.34. The lowest BCUT2D eigenvalue weighted by molar-refractivity contribution is 0.415. The molecule has 2 aromatic rings. The number of nitrogens with one attached hydrogen (secondary N) is 1. The summed E-state index contributed by atoms with van der Waals surface area (Å²) in [6.07, 6.45) is 4.77. The van der Waals surface area contributed by atoms with Crippen LogP contribution in [0.3, 0.4) is 0 Å². The van der Waals surface area contributed by atoms with Gasteiger partial charge in [-0.25, -0.2) is 0 Å². The van der Waals surface area contributed by atoms with E-state index in [9.17, 15) is 0 Å². The van der Waals surface area contributed by atoms with Gasteiger partial charge in [0.1, 0.15) is 5.75 Å². The van der Waals surface area contributed by atoms with Crippen LogP contribution in [0.25, 0.3) is 10.9 Å². The van der Waals surface area contributed by atoms with Crippen molar-refractivity contribution in [1.82, 2.24) is 4.98 Å². The van der Waals surface area contributed by atoms with Crippen molar-refractivity contribution in [2.75, 3.05) is 19.0 Å². The van der Waals surface area contributed by atoms with Crippen LogP contribution < -0.4 is 10.1 Å². The molecule has 19 heavy (non-hydrogen) atoms. The van der Waals surface area contributed by atoms with Crippen molar-refractivity contribution < 1.29 is 4.74 Å². The summed E-state index contributed by atoms with van der Waals surface area (Å²) in [5.74, 6) is 0.893. The van der Waals surface area contributed by atoms with Crippen molar-refractivity contribution in [2.24, 2.45) is 0 Å². The minimum Gasteiger partial charge on any atom is -0.497 e. The van der Waals surface area contributed by atoms with E-state index in [0.29, 0.717) is 0 Å². The molecule has 3 rings (SSSR count). The molecule has 0 amide bonds. The molecule has 0 fully saturated rings. The summed E-state index contributed by atoms with van der Waals surface area (Å²) in [5.41, 5.74) is 5.02. The SMILES string of the molecule is CCNc1c2c(nc3ccc(OC)cc13)CCCC2. The molecular weight excluding hydrogens is 236 g/mol. The summed E-state index contributed by atoms with van der Waals surface area (Å²) in [7, 11) is 1.71. The molecule has 0 radical (unpaired) electrons. The number of hydrogen-bond acceptors (Lipinski definition) is 3. The third-order valence-corrected chi connectivity index (χ3v) is 3.82. The third kappa shape index (κ3) is 2.14. The predicted octanol–water partition coefficient (Wildman–Crippen LogP) is 3.55. The third-order valence-electron chi connectivity index (χ3n) is 3.82. The van der Waals surface area contributed by atoms with Gasteiger partial charge in [-0.2, -0.15) is 0 Å². The molecule has 1 N–H and O–H groups in total. The molecule has 0 aliphatic heterocycles. The minimum absolute atomic E-state index is 0.893. The van der Waals surface area contributed by atoms with Crippen LogP contribution in [-0.2, 0) is 12.8 Å². The highest BCUT2D eigenvalue weighted by atomic mass is 16.5. The van der Waals surface area contributed by atoms with Crippen molar-refractivity contribution in [1.29, 1.82) is 0 Å². The predicted molar refractivity (Wildman–Crippen MR) is 79.1 cm³/mol. The standard InChI is InChI=1S/C16H20N2O/c1-3-17-16-12-6-4-5-7-14(12)18-15-9-8-11(19-2)10-13(15)16/h8-10H,3-7H2,1-2H3,(H,17,18). The van der Waals surface area contributed by atoms with Crippen LogP contribution >= 0.6 is 0 Å². The summed E-state index contributed by atoms with van der Waals surface area (Å²) in [6, 6.07) is 6.14. The fourth-order valence-corrected chi connectivity index (χ4v) is 2.91. The van der Waals surface area contributed by atoms with Crippen LogP contribution in [-0.4, -0.2) is 18.6 Å². The zero-order chi connectivity index (χ0) is 13.2. The zero-order valence-electron chi connectivity index (χ0n) is 11.6. The summed E-state index contributed by atoms with van der Waals surface area (Å²) in [5, 5.41) is 4.72. The molecule has 0 unspecified atom stereocenters. The van der Waals surface area contributed by atoms with E-state index in [1.54, 1.807) is 7.11 Å². The number of fused-ring (bicyclic) bond motifs is 2. The number of benzene rings is 1. The van der Waals surface area contributed by atoms with Gasteiger partial charge in [-0.1, -0.05) is 0 Å². The van der Waals surface area contributed by atoms with Gasteiger partial charge >= 0.3 is 0 Å². The Kier molecular flexibility index (Phi) is 3.28. The number of pyridine rings is 1. The Morgan fingerprint density at radius 3 is 2.89 bits per heavy atom. The molecule has 100 valence electrons. The minimum atomic E-state index is 0.893. The average Bonchev–Trinajstić information content (AvgIpc) is 2.47. The number of ether oxygens (including phenoxy) is 1. The molecule has 1 aromatic heterocycles. The second-order valence-electron chi connectivity index (χ2n) is 5.03. The van der Waals surface area contributed by atoms with Crippen LogP contribution in [0.1, 0.15) is 31.0 Å². The molecule has 0 bridgehead atoms. The lowest BCUT2D eigenvalue weighted by atomic mass is 9.92. The van der Waals surface area contributed by atoms with Gasteiger partial charge in [0.2, 0.25) is 0 Å². The lowest BCUT2D eigenvalue weighted by Gasteiger charge is -2.21. The fraction of sp³-hybridized carbons (Fsp3) is 0.438. The van der Waals surface area contributed by atoms with Gasteiger partial charge in [0.05, 0.1) is 12.6 Å². The number of aryl methyl sites for hydroxylation is 1. The number of rotatable bonds is 3. The van der Waals surface area contributed by atoms with Crippen LogP contribution in [0.5, 0.6) is 5.75 Å². The van der Waals surface area contributed by atoms with E-state index in [0.717, 1.165) is 30.7 Å². The maximum atomic E-state index is 5.34. The van der Waals surface area contributed by atoms with Crippen molar-refractivity contribution in [3.05, 3.63) is 29.5 Å². The average molecular weight is 256 g/mol. The largest absolute Gasteiger partial charge is 0.497 e. The van der Waals surface area contributed by atoms with Gasteiger partial charge < -0.3 is 10.1 Å². The Labute approximate surface area is 114 Å². The molecule has 1 aromatic carbocycles. The summed E-state index contributed by atoms with van der Waals surface area (Å²) in [6.45, 7) is 3.07. The van der Waals surface area contributed by atoms with E-state index in [1.165, 1.54) is 35.2 Å². The highest BCUT2D eigenvalue weighted by molar-refractivity contribution is 5.94. The van der Waals surface area contributed by atoms with Gasteiger partial charge in [-0.15, -0.1) is 0 Å². The molecule has 0 saturated carbocycles. The first kappa shape index (κ1) is 12.3. The Balaban J connectivity index is 2.26. The first-order valence-corrected chi connectivity index (χ1v) is 7.07. The molecule has 3 nitrogen and oxygen atoms in total. The Hall–Kier alpha value is -1.77. The summed E-state index contributed by atoms with van der Waals surface area (Å²) >= 11 is 0. The Bertz CT molecular complexity index is 607. The van der Waals surface area contributed by atoms with E-state index >= 15 is 0 Å². The monoisotopic (exact) mass is 256 g/mol. The van der Waals surface area contributed by atoms with E-state index < -0.39 is 0 Å². The van der Waals surface area contributed by atoms with Crippen molar-refractivity contribution in [2.45, 2.75) is 32.6 Å². The van der Waals surface area contributed by atoms with E-state index in [4.69, 9.17) is 9.72 Å². The van der Waals surface area contributed by atoms with Gasteiger partial charge in [-0.05, 0) is 56.4 Å². The van der Waals surface area contributed by atoms with Crippen LogP contribution in [0.15, 0.2) is 18.2 Å². The lowest BCUT2D eigenvalue weighted by Crippen LogP contribution is -2.11. The number of methoxy groups -OCH3 is 1. The Morgan fingerprint density at radius 1 is 1.26 bits per heavy atom. The first-order valence-electron chi connectivity index (χ1n) is 7.07. The molecule has 1 aliphatic carbocycles. The topological polar surface area (TPSA) is 34.2 Å². The van der Waals surface area contributed by atoms with Crippen molar-refractivity contribution >= 4 is 16.6 Å². The molecule has 0 saturated heterocycles. The second kappa shape index (κ2) is 5.08. The van der Waals surface area contributed by atoms with Gasteiger partial charge in [0.25, 0.3) is 0 Å². The van der Waals surface area contributed by atoms with E-state index in [2.05, 4.69) is 24.4 Å². The number of aromatic nitrogens is 1. The highest BCUT2D eigenvalue weighted by Crippen LogP contribution is 2.34. The number of anilines is 1. The maximum Gasteiger partial charge on any atom is 0.119 e. The van der Waals surface area contributed by atoms with Gasteiger partial charge in [0, 0.05) is 23.3 Å². The molecule has 1 aliphatic rings. The first-order chi connectivity index (χ1) is 9.33. The maximum absolute atomic E-state index is 5.34. The fourth-order valence-electron chi connectivity index (χ4n) is 2.91. The molecule has 3 heteroatoms. The number of nitrogens with zero attached hydrogens (tertiary/aromatic N) is 1. The smallest absolute Gasteiger partial charge is 0.119 e. The quantitative estimate of drug-likeness (QED) is 0.911. The van der Waals surface area contributed by atoms with E-state index in [-0.39, 0.29) is 0 Å². The summed E-state index contributed by atoms with van der Waals surface area (Å²) in [4.78, 5) is 4.84. The van der Waals surface area contributed by atoms with Gasteiger partial charge in [-0.3, -0.25) is 4.98 Å². The second-order valence-corrected chi connectivity index (χ2v) is 5.03. The van der Waals surface area contributed by atoms with Crippen molar-refractivity contribution in [3.63, 3.8) is 0 Å². The Morgan fingerprint density at radius 2 is 2.11 bits per heavy atom. The van der Waals surface area contributed by atoms with Crippen molar-refractivity contribution in [3.8, 4) is 5.75 Å². The molecule has 0 atom stereocenters. The van der Waals surface area contributed by atoms with E-state index in [1.807, 2.05) is 6.07 Å². The highest BCUT2D eigenvalue weighted by Gasteiger charge is 2.18. The van der Waals surface area contributed by atoms with Crippen LogP contribution in [0.4, 0.5) is 5.69 Å². The van der Waals surface area contributed by atoms with Crippen LogP contribution in [0.2, 0.25) is 0 Å². The van der Waals surface area contributed by atoms with Crippen LogP contribution in [0, 0.1) is 0 Å². The normalized spacial score (nSPS) is 14.2. The zero-order valence-corrected chi connectivity index (χ0v) is 11.6. The molecule has 1 heterocycles. The van der Waals surface area contributed by atoms with Gasteiger partial charge in [0.15, 0.2) is 0 Å².